The lowest BCUT2D eigenvalue weighted by Gasteiger charge is -2.13. The summed E-state index contributed by atoms with van der Waals surface area (Å²) in [5, 5.41) is 8.17. The maximum Gasteiger partial charge on any atom is 0.204 e. The Kier molecular flexibility index (Phi) is 5.63. The molecule has 2 rings (SSSR count). The summed E-state index contributed by atoms with van der Waals surface area (Å²) in [6.45, 7) is 5.52. The van der Waals surface area contributed by atoms with Gasteiger partial charge < -0.3 is 9.47 Å². The number of hydrogen-bond acceptors (Lipinski definition) is 5. The van der Waals surface area contributed by atoms with E-state index in [0.29, 0.717) is 25.5 Å². The van der Waals surface area contributed by atoms with E-state index in [-0.39, 0.29) is 0 Å². The van der Waals surface area contributed by atoms with Crippen molar-refractivity contribution in [3.05, 3.63) is 40.4 Å². The Morgan fingerprint density at radius 1 is 1.25 bits per heavy atom. The van der Waals surface area contributed by atoms with E-state index >= 15 is 0 Å². The van der Waals surface area contributed by atoms with Crippen molar-refractivity contribution in [2.45, 2.75) is 26.7 Å². The summed E-state index contributed by atoms with van der Waals surface area (Å²) in [6.07, 6.45) is 3.12. The lowest BCUT2D eigenvalue weighted by molar-refractivity contribution is -0.142. The third-order valence-electron chi connectivity index (χ3n) is 2.55. The van der Waals surface area contributed by atoms with Crippen LogP contribution in [-0.2, 0) is 16.0 Å². The van der Waals surface area contributed by atoms with E-state index in [2.05, 4.69) is 31.2 Å². The molecule has 0 fully saturated rings. The fourth-order valence-electron chi connectivity index (χ4n) is 1.69. The molecule has 0 saturated carbocycles. The van der Waals surface area contributed by atoms with E-state index in [0.717, 1.165) is 10.2 Å². The first-order valence-electron chi connectivity index (χ1n) is 6.46. The van der Waals surface area contributed by atoms with Gasteiger partial charge in [-0.05, 0) is 41.9 Å². The second-order valence-corrected chi connectivity index (χ2v) is 4.97. The van der Waals surface area contributed by atoms with Crippen molar-refractivity contribution in [3.63, 3.8) is 0 Å². The van der Waals surface area contributed by atoms with Crippen LogP contribution >= 0.6 is 15.9 Å². The molecule has 108 valence electrons. The van der Waals surface area contributed by atoms with Crippen molar-refractivity contribution in [2.75, 3.05) is 13.2 Å². The second-order valence-electron chi connectivity index (χ2n) is 4.05. The van der Waals surface area contributed by atoms with Crippen LogP contribution in [-0.4, -0.2) is 33.2 Å². The second kappa shape index (κ2) is 7.47. The van der Waals surface area contributed by atoms with E-state index in [1.165, 1.54) is 0 Å². The van der Waals surface area contributed by atoms with Crippen LogP contribution in [0.2, 0.25) is 0 Å². The van der Waals surface area contributed by atoms with Gasteiger partial charge in [-0.15, -0.1) is 5.10 Å². The van der Waals surface area contributed by atoms with Gasteiger partial charge in [0.15, 0.2) is 0 Å². The van der Waals surface area contributed by atoms with Crippen molar-refractivity contribution in [1.82, 2.24) is 20.0 Å². The van der Waals surface area contributed by atoms with Gasteiger partial charge in [0.05, 0.1) is 18.4 Å². The highest BCUT2D eigenvalue weighted by molar-refractivity contribution is 9.10. The van der Waals surface area contributed by atoms with Gasteiger partial charge in [-0.1, -0.05) is 5.21 Å². The van der Waals surface area contributed by atoms with Gasteiger partial charge in [-0.3, -0.25) is 4.98 Å². The van der Waals surface area contributed by atoms with Gasteiger partial charge in [0.25, 0.3) is 0 Å². The highest BCUT2D eigenvalue weighted by atomic mass is 79.9. The summed E-state index contributed by atoms with van der Waals surface area (Å²) in [5.74, 6) is 0. The van der Waals surface area contributed by atoms with Crippen LogP contribution in [0, 0.1) is 0 Å². The Morgan fingerprint density at radius 3 is 2.60 bits per heavy atom. The predicted molar refractivity (Wildman–Crippen MR) is 77.1 cm³/mol. The lowest BCUT2D eigenvalue weighted by atomic mass is 10.3. The van der Waals surface area contributed by atoms with Crippen LogP contribution in [0.1, 0.15) is 31.5 Å². The fraction of sp³-hybridized carbons (Fsp3) is 0.462. The molecule has 0 N–H and O–H groups in total. The standard InChI is InChI=1S/C13H17BrN4O2/c1-3-19-13(20-4-2)12-9-18(17-16-12)8-11-6-5-10(14)7-15-11/h5-7,9,13H,3-4,8H2,1-2H3. The van der Waals surface area contributed by atoms with Crippen molar-refractivity contribution in [3.8, 4) is 0 Å². The zero-order valence-electron chi connectivity index (χ0n) is 11.5. The maximum atomic E-state index is 5.49. The molecule has 6 nitrogen and oxygen atoms in total. The van der Waals surface area contributed by atoms with E-state index in [1.807, 2.05) is 32.2 Å². The molecule has 20 heavy (non-hydrogen) atoms. The third kappa shape index (κ3) is 4.09. The van der Waals surface area contributed by atoms with Crippen LogP contribution < -0.4 is 0 Å². The molecule has 0 amide bonds. The molecule has 0 spiro atoms. The van der Waals surface area contributed by atoms with Crippen molar-refractivity contribution in [2.24, 2.45) is 0 Å². The van der Waals surface area contributed by atoms with Gasteiger partial charge in [0.2, 0.25) is 6.29 Å². The summed E-state index contributed by atoms with van der Waals surface area (Å²) in [6, 6.07) is 3.89. The summed E-state index contributed by atoms with van der Waals surface area (Å²) in [5.41, 5.74) is 1.58. The molecule has 0 atom stereocenters. The van der Waals surface area contributed by atoms with Gasteiger partial charge in [0, 0.05) is 23.9 Å². The van der Waals surface area contributed by atoms with E-state index in [9.17, 15) is 0 Å². The molecule has 2 aromatic heterocycles. The molecule has 0 aliphatic carbocycles. The van der Waals surface area contributed by atoms with Gasteiger partial charge in [-0.25, -0.2) is 4.68 Å². The number of ether oxygens (including phenoxy) is 2. The topological polar surface area (TPSA) is 62.1 Å². The Labute approximate surface area is 126 Å². The van der Waals surface area contributed by atoms with Crippen LogP contribution in [0.5, 0.6) is 0 Å². The van der Waals surface area contributed by atoms with Crippen LogP contribution in [0.25, 0.3) is 0 Å². The SMILES string of the molecule is CCOC(OCC)c1cn(Cc2ccc(Br)cn2)nn1. The number of pyridine rings is 1. The summed E-state index contributed by atoms with van der Waals surface area (Å²) in [7, 11) is 0. The molecule has 0 aromatic carbocycles. The zero-order chi connectivity index (χ0) is 14.4. The molecule has 2 aromatic rings. The molecule has 0 bridgehead atoms. The first kappa shape index (κ1) is 15.1. The predicted octanol–water partition coefficient (Wildman–Crippen LogP) is 2.56. The largest absolute Gasteiger partial charge is 0.347 e. The molecular formula is C13H17BrN4O2. The Hall–Kier alpha value is -1.31. The minimum atomic E-state index is -0.461. The summed E-state index contributed by atoms with van der Waals surface area (Å²) in [4.78, 5) is 4.30. The number of halogens is 1. The number of aromatic nitrogens is 4. The van der Waals surface area contributed by atoms with Crippen molar-refractivity contribution < 1.29 is 9.47 Å². The Morgan fingerprint density at radius 2 is 2.00 bits per heavy atom. The number of nitrogens with zero attached hydrogens (tertiary/aromatic N) is 4. The van der Waals surface area contributed by atoms with Gasteiger partial charge in [-0.2, -0.15) is 0 Å². The minimum Gasteiger partial charge on any atom is -0.347 e. The van der Waals surface area contributed by atoms with Crippen molar-refractivity contribution in [1.29, 1.82) is 0 Å². The molecule has 0 unspecified atom stereocenters. The van der Waals surface area contributed by atoms with Gasteiger partial charge in [0.1, 0.15) is 5.69 Å². The zero-order valence-corrected chi connectivity index (χ0v) is 13.1. The highest BCUT2D eigenvalue weighted by Gasteiger charge is 2.15. The molecular weight excluding hydrogens is 324 g/mol. The molecule has 0 saturated heterocycles. The third-order valence-corrected chi connectivity index (χ3v) is 3.02. The molecule has 7 heteroatoms. The average molecular weight is 341 g/mol. The Bertz CT molecular complexity index is 523. The van der Waals surface area contributed by atoms with Crippen LogP contribution in [0.4, 0.5) is 0 Å². The molecule has 0 aliphatic heterocycles. The van der Waals surface area contributed by atoms with Crippen LogP contribution in [0.15, 0.2) is 29.0 Å². The maximum absolute atomic E-state index is 5.49. The van der Waals surface area contributed by atoms with Gasteiger partial charge >= 0.3 is 0 Å². The van der Waals surface area contributed by atoms with E-state index < -0.39 is 6.29 Å². The monoisotopic (exact) mass is 340 g/mol. The minimum absolute atomic E-state index is 0.461. The van der Waals surface area contributed by atoms with Crippen LogP contribution in [0.3, 0.4) is 0 Å². The number of hydrogen-bond donors (Lipinski definition) is 0. The average Bonchev–Trinajstić information content (AvgIpc) is 2.90. The summed E-state index contributed by atoms with van der Waals surface area (Å²) < 4.78 is 13.6. The smallest absolute Gasteiger partial charge is 0.204 e. The first-order valence-corrected chi connectivity index (χ1v) is 7.26. The molecule has 2 heterocycles. The van der Waals surface area contributed by atoms with E-state index in [1.54, 1.807) is 10.9 Å². The lowest BCUT2D eigenvalue weighted by Crippen LogP contribution is -2.09. The Balaban J connectivity index is 2.05. The highest BCUT2D eigenvalue weighted by Crippen LogP contribution is 2.16. The quantitative estimate of drug-likeness (QED) is 0.725. The molecule has 0 aliphatic rings. The van der Waals surface area contributed by atoms with E-state index in [4.69, 9.17) is 9.47 Å². The summed E-state index contributed by atoms with van der Waals surface area (Å²) >= 11 is 3.36. The number of rotatable bonds is 7. The van der Waals surface area contributed by atoms with Crippen molar-refractivity contribution >= 4 is 15.9 Å². The molecule has 0 radical (unpaired) electrons. The first-order chi connectivity index (χ1) is 9.72. The normalized spacial score (nSPS) is 11.2. The fourth-order valence-corrected chi connectivity index (χ4v) is 1.92.